The summed E-state index contributed by atoms with van der Waals surface area (Å²) in [6.45, 7) is 4.49. The molecule has 0 saturated heterocycles. The highest BCUT2D eigenvalue weighted by Crippen LogP contribution is 1.93. The molecule has 13 heavy (non-hydrogen) atoms. The lowest BCUT2D eigenvalue weighted by Gasteiger charge is -2.15. The van der Waals surface area contributed by atoms with E-state index in [1.807, 2.05) is 6.92 Å². The lowest BCUT2D eigenvalue weighted by atomic mass is 10.3. The molecular weight excluding hydrogens is 190 g/mol. The quantitative estimate of drug-likeness (QED) is 0.620. The molecule has 0 spiro atoms. The van der Waals surface area contributed by atoms with Crippen molar-refractivity contribution in [2.45, 2.75) is 26.3 Å². The minimum Gasteiger partial charge on any atom is -0.328 e. The molecule has 3 N–H and O–H groups in total. The number of rotatable bonds is 6. The van der Waals surface area contributed by atoms with Gasteiger partial charge in [-0.15, -0.1) is 0 Å². The molecule has 0 amide bonds. The van der Waals surface area contributed by atoms with Crippen LogP contribution in [0.1, 0.15) is 20.3 Å². The lowest BCUT2D eigenvalue weighted by Crippen LogP contribution is -2.39. The van der Waals surface area contributed by atoms with Gasteiger partial charge in [-0.2, -0.15) is 12.7 Å². The zero-order valence-corrected chi connectivity index (χ0v) is 9.26. The van der Waals surface area contributed by atoms with E-state index < -0.39 is 10.2 Å². The molecule has 1 atom stereocenters. The maximum absolute atomic E-state index is 11.3. The van der Waals surface area contributed by atoms with Gasteiger partial charge in [0.25, 0.3) is 10.2 Å². The van der Waals surface area contributed by atoms with Gasteiger partial charge < -0.3 is 5.73 Å². The van der Waals surface area contributed by atoms with Crippen LogP contribution in [-0.4, -0.2) is 38.9 Å². The van der Waals surface area contributed by atoms with Crippen molar-refractivity contribution >= 4 is 10.2 Å². The Hall–Kier alpha value is -0.170. The molecule has 1 unspecified atom stereocenters. The van der Waals surface area contributed by atoms with E-state index in [1.165, 1.54) is 11.4 Å². The molecule has 0 radical (unpaired) electrons. The van der Waals surface area contributed by atoms with Gasteiger partial charge in [-0.1, -0.05) is 6.92 Å². The Morgan fingerprint density at radius 3 is 2.46 bits per heavy atom. The first kappa shape index (κ1) is 12.8. The van der Waals surface area contributed by atoms with E-state index >= 15 is 0 Å². The van der Waals surface area contributed by atoms with Crippen LogP contribution in [0.5, 0.6) is 0 Å². The van der Waals surface area contributed by atoms with Gasteiger partial charge in [-0.3, -0.25) is 0 Å². The second-order valence-corrected chi connectivity index (χ2v) is 4.94. The molecule has 0 aliphatic carbocycles. The van der Waals surface area contributed by atoms with Gasteiger partial charge in [0.05, 0.1) is 0 Å². The molecule has 6 heteroatoms. The third-order valence-electron chi connectivity index (χ3n) is 1.74. The number of hydrogen-bond acceptors (Lipinski definition) is 3. The molecule has 0 aromatic carbocycles. The third kappa shape index (κ3) is 5.20. The van der Waals surface area contributed by atoms with Crippen LogP contribution in [0.25, 0.3) is 0 Å². The Bertz CT molecular complexity index is 226. The van der Waals surface area contributed by atoms with Crippen LogP contribution in [0.4, 0.5) is 0 Å². The molecule has 0 saturated carbocycles. The third-order valence-corrected chi connectivity index (χ3v) is 3.39. The maximum Gasteiger partial charge on any atom is 0.279 e. The van der Waals surface area contributed by atoms with Crippen molar-refractivity contribution < 1.29 is 8.42 Å². The van der Waals surface area contributed by atoms with Gasteiger partial charge in [-0.05, 0) is 13.3 Å². The predicted molar refractivity (Wildman–Crippen MR) is 53.5 cm³/mol. The van der Waals surface area contributed by atoms with Crippen LogP contribution >= 0.6 is 0 Å². The summed E-state index contributed by atoms with van der Waals surface area (Å²) < 4.78 is 26.4. The first-order valence-electron chi connectivity index (χ1n) is 4.36. The van der Waals surface area contributed by atoms with E-state index in [1.54, 1.807) is 6.92 Å². The van der Waals surface area contributed by atoms with Crippen LogP contribution in [0.3, 0.4) is 0 Å². The summed E-state index contributed by atoms with van der Waals surface area (Å²) in [6.07, 6.45) is 0.650. The van der Waals surface area contributed by atoms with Gasteiger partial charge in [0, 0.05) is 26.2 Å². The van der Waals surface area contributed by atoms with Gasteiger partial charge in [-0.25, -0.2) is 4.72 Å². The number of nitrogens with one attached hydrogen (secondary N) is 1. The van der Waals surface area contributed by atoms with Gasteiger partial charge in [0.1, 0.15) is 0 Å². The fourth-order valence-electron chi connectivity index (χ4n) is 0.696. The van der Waals surface area contributed by atoms with Crippen LogP contribution < -0.4 is 10.5 Å². The number of hydrogen-bond donors (Lipinski definition) is 2. The fourth-order valence-corrected chi connectivity index (χ4v) is 1.63. The van der Waals surface area contributed by atoms with E-state index in [-0.39, 0.29) is 6.04 Å². The second kappa shape index (κ2) is 5.54. The number of nitrogens with zero attached hydrogens (tertiary/aromatic N) is 1. The fraction of sp³-hybridized carbons (Fsp3) is 1.00. The van der Waals surface area contributed by atoms with Crippen LogP contribution in [0, 0.1) is 0 Å². The summed E-state index contributed by atoms with van der Waals surface area (Å²) in [4.78, 5) is 0. The maximum atomic E-state index is 11.3. The summed E-state index contributed by atoms with van der Waals surface area (Å²) in [5.41, 5.74) is 5.48. The molecule has 80 valence electrons. The molecule has 0 aromatic heterocycles. The zero-order valence-electron chi connectivity index (χ0n) is 8.45. The van der Waals surface area contributed by atoms with Crippen molar-refractivity contribution in [2.24, 2.45) is 5.73 Å². The predicted octanol–water partition coefficient (Wildman–Crippen LogP) is -0.490. The van der Waals surface area contributed by atoms with Crippen molar-refractivity contribution in [1.29, 1.82) is 0 Å². The summed E-state index contributed by atoms with van der Waals surface area (Å²) in [7, 11) is -1.74. The molecule has 0 heterocycles. The van der Waals surface area contributed by atoms with Gasteiger partial charge >= 0.3 is 0 Å². The van der Waals surface area contributed by atoms with E-state index in [9.17, 15) is 8.42 Å². The number of nitrogens with two attached hydrogens (primary N) is 1. The SMILES string of the molecule is CCN(C)S(=O)(=O)NCCC(C)N. The normalized spacial score (nSPS) is 14.8. The average molecular weight is 209 g/mol. The van der Waals surface area contributed by atoms with Crippen molar-refractivity contribution in [1.82, 2.24) is 9.03 Å². The van der Waals surface area contributed by atoms with Gasteiger partial charge in [0.15, 0.2) is 0 Å². The highest BCUT2D eigenvalue weighted by Gasteiger charge is 2.14. The second-order valence-electron chi connectivity index (χ2n) is 3.08. The molecular formula is C7H19N3O2S. The molecule has 0 fully saturated rings. The van der Waals surface area contributed by atoms with Crippen molar-refractivity contribution in [3.05, 3.63) is 0 Å². The Morgan fingerprint density at radius 2 is 2.08 bits per heavy atom. The zero-order chi connectivity index (χ0) is 10.5. The summed E-state index contributed by atoms with van der Waals surface area (Å²) in [5, 5.41) is 0. The molecule has 0 rings (SSSR count). The highest BCUT2D eigenvalue weighted by molar-refractivity contribution is 7.87. The minimum absolute atomic E-state index is 0.0228. The van der Waals surface area contributed by atoms with Gasteiger partial charge in [0.2, 0.25) is 0 Å². The summed E-state index contributed by atoms with van der Waals surface area (Å²) in [6, 6.07) is 0.0228. The minimum atomic E-state index is -3.28. The first-order chi connectivity index (χ1) is 5.90. The standard InChI is InChI=1S/C7H19N3O2S/c1-4-10(3)13(11,12)9-6-5-7(2)8/h7,9H,4-6,8H2,1-3H3. The Morgan fingerprint density at radius 1 is 1.54 bits per heavy atom. The first-order valence-corrected chi connectivity index (χ1v) is 5.80. The van der Waals surface area contributed by atoms with Crippen LogP contribution in [0.2, 0.25) is 0 Å². The Balaban J connectivity index is 3.91. The van der Waals surface area contributed by atoms with E-state index in [4.69, 9.17) is 5.73 Å². The van der Waals surface area contributed by atoms with Crippen molar-refractivity contribution in [2.75, 3.05) is 20.1 Å². The molecule has 0 aliphatic rings. The summed E-state index contributed by atoms with van der Waals surface area (Å²) in [5.74, 6) is 0. The van der Waals surface area contributed by atoms with E-state index in [2.05, 4.69) is 4.72 Å². The van der Waals surface area contributed by atoms with Crippen molar-refractivity contribution in [3.63, 3.8) is 0 Å². The van der Waals surface area contributed by atoms with E-state index in [0.29, 0.717) is 19.5 Å². The topological polar surface area (TPSA) is 75.4 Å². The molecule has 0 aliphatic heterocycles. The Kier molecular flexibility index (Phi) is 5.46. The molecule has 0 aromatic rings. The largest absolute Gasteiger partial charge is 0.328 e. The van der Waals surface area contributed by atoms with Crippen LogP contribution in [-0.2, 0) is 10.2 Å². The summed E-state index contributed by atoms with van der Waals surface area (Å²) >= 11 is 0. The average Bonchev–Trinajstić information content (AvgIpc) is 2.01. The van der Waals surface area contributed by atoms with Crippen LogP contribution in [0.15, 0.2) is 0 Å². The lowest BCUT2D eigenvalue weighted by molar-refractivity contribution is 0.470. The Labute approximate surface area is 80.5 Å². The monoisotopic (exact) mass is 209 g/mol. The van der Waals surface area contributed by atoms with E-state index in [0.717, 1.165) is 0 Å². The van der Waals surface area contributed by atoms with Crippen molar-refractivity contribution in [3.8, 4) is 0 Å². The molecule has 5 nitrogen and oxygen atoms in total. The molecule has 0 bridgehead atoms. The smallest absolute Gasteiger partial charge is 0.279 e. The highest BCUT2D eigenvalue weighted by atomic mass is 32.2.